The first-order chi connectivity index (χ1) is 12.0. The molecule has 1 unspecified atom stereocenters. The molecule has 1 atom stereocenters. The summed E-state index contributed by atoms with van der Waals surface area (Å²) in [4.78, 5) is 20.2. The van der Waals surface area contributed by atoms with E-state index in [1.807, 2.05) is 32.0 Å². The van der Waals surface area contributed by atoms with Gasteiger partial charge in [-0.25, -0.2) is 4.98 Å². The van der Waals surface area contributed by atoms with Crippen LogP contribution in [0.1, 0.15) is 12.5 Å². The van der Waals surface area contributed by atoms with Gasteiger partial charge in [0.15, 0.2) is 5.16 Å². The summed E-state index contributed by atoms with van der Waals surface area (Å²) >= 11 is 7.37. The third kappa shape index (κ3) is 4.08. The van der Waals surface area contributed by atoms with Crippen molar-refractivity contribution in [2.24, 2.45) is 0 Å². The number of halogens is 1. The normalized spacial score (nSPS) is 12.2. The lowest BCUT2D eigenvalue weighted by Gasteiger charge is -2.13. The predicted octanol–water partition coefficient (Wildman–Crippen LogP) is 4.65. The molecule has 1 amide bonds. The Kier molecular flexibility index (Phi) is 5.20. The van der Waals surface area contributed by atoms with Crippen molar-refractivity contribution in [3.05, 3.63) is 47.0 Å². The summed E-state index contributed by atoms with van der Waals surface area (Å²) in [5.41, 5.74) is 3.56. The van der Waals surface area contributed by atoms with Crippen LogP contribution in [-0.2, 0) is 4.79 Å². The van der Waals surface area contributed by atoms with Gasteiger partial charge in [0.05, 0.1) is 29.1 Å². The predicted molar refractivity (Wildman–Crippen MR) is 103 cm³/mol. The summed E-state index contributed by atoms with van der Waals surface area (Å²) in [6.07, 6.45) is 0. The fourth-order valence-electron chi connectivity index (χ4n) is 2.39. The molecule has 2 aromatic carbocycles. The lowest BCUT2D eigenvalue weighted by molar-refractivity contribution is -0.115. The fourth-order valence-corrected chi connectivity index (χ4v) is 3.38. The number of hydrogen-bond donors (Lipinski definition) is 2. The summed E-state index contributed by atoms with van der Waals surface area (Å²) in [7, 11) is 1.55. The minimum absolute atomic E-state index is 0.151. The number of imidazole rings is 1. The number of carbonyl (C=O) groups excluding carboxylic acids is 1. The second-order valence-corrected chi connectivity index (χ2v) is 7.42. The van der Waals surface area contributed by atoms with Crippen molar-refractivity contribution in [3.8, 4) is 5.75 Å². The average molecular weight is 376 g/mol. The Morgan fingerprint density at radius 1 is 1.32 bits per heavy atom. The van der Waals surface area contributed by atoms with Crippen LogP contribution in [0.5, 0.6) is 5.75 Å². The molecule has 2 N–H and O–H groups in total. The Morgan fingerprint density at radius 3 is 2.88 bits per heavy atom. The Bertz CT molecular complexity index is 926. The number of H-pyrrole nitrogens is 1. The molecule has 3 aromatic rings. The highest BCUT2D eigenvalue weighted by Gasteiger charge is 2.18. The Labute approximate surface area is 155 Å². The van der Waals surface area contributed by atoms with Crippen molar-refractivity contribution in [2.75, 3.05) is 12.4 Å². The standard InChI is InChI=1S/C18H18ClN3O2S/c1-10-4-6-13-14(8-10)22-18(21-13)25-11(2)17(23)20-15-9-12(19)5-7-16(15)24-3/h4-9,11H,1-3H3,(H,20,23)(H,21,22). The number of hydrogen-bond acceptors (Lipinski definition) is 4. The van der Waals surface area contributed by atoms with E-state index in [0.717, 1.165) is 16.6 Å². The maximum Gasteiger partial charge on any atom is 0.237 e. The molecule has 0 radical (unpaired) electrons. The van der Waals surface area contributed by atoms with Crippen LogP contribution in [0, 0.1) is 6.92 Å². The highest BCUT2D eigenvalue weighted by atomic mass is 35.5. The number of methoxy groups -OCH3 is 1. The van der Waals surface area contributed by atoms with Gasteiger partial charge in [-0.15, -0.1) is 0 Å². The lowest BCUT2D eigenvalue weighted by atomic mass is 10.2. The second-order valence-electron chi connectivity index (χ2n) is 5.66. The van der Waals surface area contributed by atoms with E-state index in [9.17, 15) is 4.79 Å². The van der Waals surface area contributed by atoms with Gasteiger partial charge in [-0.2, -0.15) is 0 Å². The summed E-state index contributed by atoms with van der Waals surface area (Å²) in [5.74, 6) is 0.413. The van der Waals surface area contributed by atoms with E-state index in [4.69, 9.17) is 16.3 Å². The summed E-state index contributed by atoms with van der Waals surface area (Å²) in [6, 6.07) is 11.1. The van der Waals surface area contributed by atoms with Gasteiger partial charge in [-0.3, -0.25) is 4.79 Å². The summed E-state index contributed by atoms with van der Waals surface area (Å²) in [6.45, 7) is 3.86. The van der Waals surface area contributed by atoms with Crippen LogP contribution in [0.15, 0.2) is 41.6 Å². The maximum atomic E-state index is 12.5. The van der Waals surface area contributed by atoms with Gasteiger partial charge in [-0.05, 0) is 49.7 Å². The minimum atomic E-state index is -0.342. The molecular formula is C18H18ClN3O2S. The molecule has 7 heteroatoms. The van der Waals surface area contributed by atoms with Crippen molar-refractivity contribution < 1.29 is 9.53 Å². The molecule has 3 rings (SSSR count). The highest BCUT2D eigenvalue weighted by molar-refractivity contribution is 8.00. The average Bonchev–Trinajstić information content (AvgIpc) is 2.96. The molecule has 0 aliphatic heterocycles. The van der Waals surface area contributed by atoms with E-state index >= 15 is 0 Å². The molecule has 0 aliphatic rings. The van der Waals surface area contributed by atoms with E-state index in [1.54, 1.807) is 25.3 Å². The van der Waals surface area contributed by atoms with Gasteiger partial charge in [0, 0.05) is 5.02 Å². The van der Waals surface area contributed by atoms with Gasteiger partial charge < -0.3 is 15.0 Å². The molecule has 0 fully saturated rings. The number of nitrogens with zero attached hydrogens (tertiary/aromatic N) is 1. The van der Waals surface area contributed by atoms with Crippen LogP contribution < -0.4 is 10.1 Å². The SMILES string of the molecule is COc1ccc(Cl)cc1NC(=O)C(C)Sc1nc2ccc(C)cc2[nH]1. The monoisotopic (exact) mass is 375 g/mol. The Balaban J connectivity index is 1.72. The Hall–Kier alpha value is -2.18. The number of ether oxygens (including phenoxy) is 1. The summed E-state index contributed by atoms with van der Waals surface area (Å²) < 4.78 is 5.25. The molecule has 5 nitrogen and oxygen atoms in total. The van der Waals surface area contributed by atoms with Crippen LogP contribution in [0.25, 0.3) is 11.0 Å². The molecular weight excluding hydrogens is 358 g/mol. The number of amides is 1. The first-order valence-electron chi connectivity index (χ1n) is 7.73. The number of anilines is 1. The topological polar surface area (TPSA) is 67.0 Å². The van der Waals surface area contributed by atoms with Crippen LogP contribution in [-0.4, -0.2) is 28.2 Å². The van der Waals surface area contributed by atoms with Crippen molar-refractivity contribution in [1.82, 2.24) is 9.97 Å². The lowest BCUT2D eigenvalue weighted by Crippen LogP contribution is -2.22. The number of aromatic nitrogens is 2. The summed E-state index contributed by atoms with van der Waals surface area (Å²) in [5, 5.41) is 3.75. The van der Waals surface area contributed by atoms with Gasteiger partial charge in [0.1, 0.15) is 5.75 Å². The largest absolute Gasteiger partial charge is 0.495 e. The zero-order valence-corrected chi connectivity index (χ0v) is 15.7. The van der Waals surface area contributed by atoms with E-state index in [-0.39, 0.29) is 11.2 Å². The zero-order chi connectivity index (χ0) is 18.0. The number of benzene rings is 2. The zero-order valence-electron chi connectivity index (χ0n) is 14.1. The molecule has 25 heavy (non-hydrogen) atoms. The number of nitrogens with one attached hydrogen (secondary N) is 2. The van der Waals surface area contributed by atoms with Crippen molar-refractivity contribution in [2.45, 2.75) is 24.3 Å². The number of aryl methyl sites for hydroxylation is 1. The van der Waals surface area contributed by atoms with Gasteiger partial charge in [0.25, 0.3) is 0 Å². The fraction of sp³-hybridized carbons (Fsp3) is 0.222. The molecule has 0 spiro atoms. The first-order valence-corrected chi connectivity index (χ1v) is 8.99. The third-order valence-corrected chi connectivity index (χ3v) is 4.91. The number of rotatable bonds is 5. The first kappa shape index (κ1) is 17.6. The molecule has 1 aromatic heterocycles. The molecule has 0 saturated carbocycles. The smallest absolute Gasteiger partial charge is 0.237 e. The van der Waals surface area contributed by atoms with E-state index in [0.29, 0.717) is 21.6 Å². The molecule has 130 valence electrons. The van der Waals surface area contributed by atoms with Crippen LogP contribution >= 0.6 is 23.4 Å². The minimum Gasteiger partial charge on any atom is -0.495 e. The van der Waals surface area contributed by atoms with E-state index < -0.39 is 0 Å². The van der Waals surface area contributed by atoms with Gasteiger partial charge in [-0.1, -0.05) is 29.4 Å². The van der Waals surface area contributed by atoms with Crippen molar-refractivity contribution in [1.29, 1.82) is 0 Å². The van der Waals surface area contributed by atoms with Gasteiger partial charge in [0.2, 0.25) is 5.91 Å². The maximum absolute atomic E-state index is 12.5. The van der Waals surface area contributed by atoms with Crippen molar-refractivity contribution in [3.63, 3.8) is 0 Å². The number of carbonyl (C=O) groups is 1. The van der Waals surface area contributed by atoms with Crippen LogP contribution in [0.4, 0.5) is 5.69 Å². The van der Waals surface area contributed by atoms with E-state index in [2.05, 4.69) is 15.3 Å². The molecule has 0 bridgehead atoms. The number of fused-ring (bicyclic) bond motifs is 1. The van der Waals surface area contributed by atoms with Crippen LogP contribution in [0.3, 0.4) is 0 Å². The highest BCUT2D eigenvalue weighted by Crippen LogP contribution is 2.29. The second kappa shape index (κ2) is 7.37. The molecule has 1 heterocycles. The Morgan fingerprint density at radius 2 is 2.12 bits per heavy atom. The van der Waals surface area contributed by atoms with E-state index in [1.165, 1.54) is 11.8 Å². The third-order valence-electron chi connectivity index (χ3n) is 3.69. The van der Waals surface area contributed by atoms with Gasteiger partial charge >= 0.3 is 0 Å². The molecule has 0 saturated heterocycles. The molecule has 0 aliphatic carbocycles. The van der Waals surface area contributed by atoms with Crippen molar-refractivity contribution >= 4 is 46.0 Å². The van der Waals surface area contributed by atoms with Crippen LogP contribution in [0.2, 0.25) is 5.02 Å². The number of aromatic amines is 1. The quantitative estimate of drug-likeness (QED) is 0.637. The number of thioether (sulfide) groups is 1.